The number of anilines is 1. The van der Waals surface area contributed by atoms with Crippen molar-refractivity contribution in [3.8, 4) is 11.1 Å². The van der Waals surface area contributed by atoms with Crippen LogP contribution < -0.4 is 10.2 Å². The molecule has 1 aromatic heterocycles. The zero-order chi connectivity index (χ0) is 16.2. The number of aromatic nitrogens is 1. The summed E-state index contributed by atoms with van der Waals surface area (Å²) in [5, 5.41) is 3.65. The Kier molecular flexibility index (Phi) is 4.97. The summed E-state index contributed by atoms with van der Waals surface area (Å²) in [4.78, 5) is 6.75. The first-order chi connectivity index (χ1) is 11.1. The largest absolute Gasteiger partial charge is 0.369 e. The van der Waals surface area contributed by atoms with E-state index >= 15 is 0 Å². The Balaban J connectivity index is 1.77. The van der Waals surface area contributed by atoms with Crippen molar-refractivity contribution >= 4 is 5.69 Å². The Labute approximate surface area is 139 Å². The summed E-state index contributed by atoms with van der Waals surface area (Å²) >= 11 is 0. The highest BCUT2D eigenvalue weighted by Gasteiger charge is 2.20. The first kappa shape index (κ1) is 16.0. The topological polar surface area (TPSA) is 28.2 Å². The smallest absolute Gasteiger partial charge is 0.0370 e. The second kappa shape index (κ2) is 7.14. The van der Waals surface area contributed by atoms with Crippen LogP contribution in [-0.2, 0) is 0 Å². The molecule has 3 heteroatoms. The standard InChI is InChI=1S/C20H27N3/c1-15(2)11-18-14-23(10-9-22-18)19-6-7-20(16(3)12-19)17-5-4-8-21-13-17/h4-8,12-13,15,18,22H,9-11,14H2,1-3H3. The lowest BCUT2D eigenvalue weighted by molar-refractivity contribution is 0.388. The van der Waals surface area contributed by atoms with Gasteiger partial charge in [-0.25, -0.2) is 0 Å². The van der Waals surface area contributed by atoms with Crippen molar-refractivity contribution in [2.45, 2.75) is 33.2 Å². The van der Waals surface area contributed by atoms with Gasteiger partial charge in [-0.15, -0.1) is 0 Å². The summed E-state index contributed by atoms with van der Waals surface area (Å²) in [6, 6.07) is 11.5. The van der Waals surface area contributed by atoms with E-state index in [0.717, 1.165) is 25.6 Å². The molecule has 1 N–H and O–H groups in total. The van der Waals surface area contributed by atoms with Crippen LogP contribution in [0.25, 0.3) is 11.1 Å². The molecule has 0 spiro atoms. The van der Waals surface area contributed by atoms with Crippen molar-refractivity contribution in [2.75, 3.05) is 24.5 Å². The van der Waals surface area contributed by atoms with Gasteiger partial charge in [0, 0.05) is 49.3 Å². The highest BCUT2D eigenvalue weighted by molar-refractivity contribution is 5.69. The predicted molar refractivity (Wildman–Crippen MR) is 97.9 cm³/mol. The van der Waals surface area contributed by atoms with Crippen LogP contribution in [0.1, 0.15) is 25.8 Å². The molecule has 0 saturated carbocycles. The quantitative estimate of drug-likeness (QED) is 0.929. The molecule has 3 rings (SSSR count). The van der Waals surface area contributed by atoms with E-state index in [1.54, 1.807) is 0 Å². The van der Waals surface area contributed by atoms with Crippen molar-refractivity contribution in [3.63, 3.8) is 0 Å². The van der Waals surface area contributed by atoms with Gasteiger partial charge in [-0.1, -0.05) is 26.0 Å². The molecule has 0 aliphatic carbocycles. The average molecular weight is 309 g/mol. The van der Waals surface area contributed by atoms with Crippen LogP contribution in [0.5, 0.6) is 0 Å². The van der Waals surface area contributed by atoms with Crippen LogP contribution in [0, 0.1) is 12.8 Å². The number of aryl methyl sites for hydroxylation is 1. The van der Waals surface area contributed by atoms with E-state index in [1.165, 1.54) is 28.8 Å². The Morgan fingerprint density at radius 2 is 2.17 bits per heavy atom. The fraction of sp³-hybridized carbons (Fsp3) is 0.450. The number of benzene rings is 1. The minimum atomic E-state index is 0.599. The van der Waals surface area contributed by atoms with Crippen molar-refractivity contribution in [1.82, 2.24) is 10.3 Å². The highest BCUT2D eigenvalue weighted by atomic mass is 15.2. The summed E-state index contributed by atoms with van der Waals surface area (Å²) in [6.45, 7) is 10.0. The van der Waals surface area contributed by atoms with Gasteiger partial charge in [0.2, 0.25) is 0 Å². The summed E-state index contributed by atoms with van der Waals surface area (Å²) in [5.74, 6) is 0.738. The molecule has 1 saturated heterocycles. The van der Waals surface area contributed by atoms with E-state index in [9.17, 15) is 0 Å². The maximum atomic E-state index is 4.23. The Hall–Kier alpha value is -1.87. The van der Waals surface area contributed by atoms with Crippen LogP contribution >= 0.6 is 0 Å². The van der Waals surface area contributed by atoms with Crippen LogP contribution in [-0.4, -0.2) is 30.7 Å². The molecule has 23 heavy (non-hydrogen) atoms. The predicted octanol–water partition coefficient (Wildman–Crippen LogP) is 3.88. The Bertz CT molecular complexity index is 637. The van der Waals surface area contributed by atoms with Crippen molar-refractivity contribution in [3.05, 3.63) is 48.3 Å². The summed E-state index contributed by atoms with van der Waals surface area (Å²) in [6.07, 6.45) is 5.00. The monoisotopic (exact) mass is 309 g/mol. The summed E-state index contributed by atoms with van der Waals surface area (Å²) < 4.78 is 0. The number of pyridine rings is 1. The van der Waals surface area contributed by atoms with E-state index in [2.05, 4.69) is 60.2 Å². The zero-order valence-electron chi connectivity index (χ0n) is 14.4. The van der Waals surface area contributed by atoms with E-state index in [-0.39, 0.29) is 0 Å². The maximum Gasteiger partial charge on any atom is 0.0370 e. The van der Waals surface area contributed by atoms with Gasteiger partial charge in [0.25, 0.3) is 0 Å². The number of hydrogen-bond donors (Lipinski definition) is 1. The third kappa shape index (κ3) is 3.91. The molecule has 1 unspecified atom stereocenters. The van der Waals surface area contributed by atoms with Crippen LogP contribution in [0.3, 0.4) is 0 Å². The van der Waals surface area contributed by atoms with E-state index < -0.39 is 0 Å². The number of piperazine rings is 1. The molecule has 122 valence electrons. The zero-order valence-corrected chi connectivity index (χ0v) is 14.4. The molecule has 3 nitrogen and oxygen atoms in total. The molecule has 1 aliphatic heterocycles. The van der Waals surface area contributed by atoms with Crippen molar-refractivity contribution < 1.29 is 0 Å². The lowest BCUT2D eigenvalue weighted by Crippen LogP contribution is -2.51. The fourth-order valence-corrected chi connectivity index (χ4v) is 3.48. The van der Waals surface area contributed by atoms with Crippen LogP contribution in [0.4, 0.5) is 5.69 Å². The van der Waals surface area contributed by atoms with Gasteiger partial charge in [-0.05, 0) is 48.6 Å². The second-order valence-corrected chi connectivity index (χ2v) is 6.97. The Morgan fingerprint density at radius 3 is 2.87 bits per heavy atom. The lowest BCUT2D eigenvalue weighted by atomic mass is 9.99. The molecule has 1 aromatic carbocycles. The molecule has 0 bridgehead atoms. The third-order valence-corrected chi connectivity index (χ3v) is 4.56. The van der Waals surface area contributed by atoms with Gasteiger partial charge in [-0.2, -0.15) is 0 Å². The van der Waals surface area contributed by atoms with Crippen LogP contribution in [0.15, 0.2) is 42.7 Å². The molecule has 0 radical (unpaired) electrons. The summed E-state index contributed by atoms with van der Waals surface area (Å²) in [7, 11) is 0. The number of nitrogens with zero attached hydrogens (tertiary/aromatic N) is 2. The molecule has 0 amide bonds. The lowest BCUT2D eigenvalue weighted by Gasteiger charge is -2.36. The Morgan fingerprint density at radius 1 is 1.30 bits per heavy atom. The molecule has 2 heterocycles. The van der Waals surface area contributed by atoms with Crippen molar-refractivity contribution in [1.29, 1.82) is 0 Å². The van der Waals surface area contributed by atoms with Gasteiger partial charge in [0.05, 0.1) is 0 Å². The first-order valence-electron chi connectivity index (χ1n) is 8.63. The van der Waals surface area contributed by atoms with Gasteiger partial charge in [0.15, 0.2) is 0 Å². The molecule has 1 fully saturated rings. The molecule has 2 aromatic rings. The van der Waals surface area contributed by atoms with E-state index in [4.69, 9.17) is 0 Å². The fourth-order valence-electron chi connectivity index (χ4n) is 3.48. The highest BCUT2D eigenvalue weighted by Crippen LogP contribution is 2.27. The molecular formula is C20H27N3. The van der Waals surface area contributed by atoms with E-state index in [0.29, 0.717) is 6.04 Å². The third-order valence-electron chi connectivity index (χ3n) is 4.56. The van der Waals surface area contributed by atoms with Gasteiger partial charge >= 0.3 is 0 Å². The number of hydrogen-bond acceptors (Lipinski definition) is 3. The average Bonchev–Trinajstić information content (AvgIpc) is 2.55. The number of rotatable bonds is 4. The van der Waals surface area contributed by atoms with Gasteiger partial charge < -0.3 is 10.2 Å². The summed E-state index contributed by atoms with van der Waals surface area (Å²) in [5.41, 5.74) is 5.12. The second-order valence-electron chi connectivity index (χ2n) is 6.97. The minimum absolute atomic E-state index is 0.599. The van der Waals surface area contributed by atoms with Crippen LogP contribution in [0.2, 0.25) is 0 Å². The minimum Gasteiger partial charge on any atom is -0.369 e. The molecular weight excluding hydrogens is 282 g/mol. The normalized spacial score (nSPS) is 18.4. The first-order valence-corrected chi connectivity index (χ1v) is 8.63. The van der Waals surface area contributed by atoms with E-state index in [1.807, 2.05) is 18.5 Å². The van der Waals surface area contributed by atoms with Gasteiger partial charge in [0.1, 0.15) is 0 Å². The number of nitrogens with one attached hydrogen (secondary N) is 1. The van der Waals surface area contributed by atoms with Crippen molar-refractivity contribution in [2.24, 2.45) is 5.92 Å². The van der Waals surface area contributed by atoms with Gasteiger partial charge in [-0.3, -0.25) is 4.98 Å². The molecule has 1 atom stereocenters. The maximum absolute atomic E-state index is 4.23. The SMILES string of the molecule is Cc1cc(N2CCNC(CC(C)C)C2)ccc1-c1cccnc1. The molecule has 1 aliphatic rings.